The molecule has 0 aromatic heterocycles. The van der Waals surface area contributed by atoms with E-state index in [4.69, 9.17) is 9.98 Å². The molecule has 4 aliphatic heterocycles. The lowest BCUT2D eigenvalue weighted by atomic mass is 9.75. The van der Waals surface area contributed by atoms with Gasteiger partial charge in [-0.1, -0.05) is 36.4 Å². The summed E-state index contributed by atoms with van der Waals surface area (Å²) in [5.41, 5.74) is 0.930. The molecule has 0 atom stereocenters. The Labute approximate surface area is 300 Å². The molecule has 8 rings (SSSR count). The molecule has 0 N–H and O–H groups in total. The predicted octanol–water partition coefficient (Wildman–Crippen LogP) is 10.4. The molecule has 0 radical (unpaired) electrons. The molecule has 4 aromatic rings. The fourth-order valence-corrected chi connectivity index (χ4v) is 9.80. The number of hydrogen-bond donors (Lipinski definition) is 0. The van der Waals surface area contributed by atoms with Crippen LogP contribution < -0.4 is 9.80 Å². The number of nitrogens with zero attached hydrogens (tertiary/aromatic N) is 6. The monoisotopic (exact) mass is 670 g/mol. The second-order valence-electron chi connectivity index (χ2n) is 19.6. The maximum Gasteiger partial charge on any atom is 0.203 e. The largest absolute Gasteiger partial charge is 0.327 e. The van der Waals surface area contributed by atoms with Crippen molar-refractivity contribution >= 4 is 55.6 Å². The van der Waals surface area contributed by atoms with Crippen LogP contribution in [0, 0.1) is 0 Å². The van der Waals surface area contributed by atoms with E-state index in [0.717, 1.165) is 11.9 Å². The third-order valence-corrected chi connectivity index (χ3v) is 15.2. The highest BCUT2D eigenvalue weighted by atomic mass is 15.6. The normalized spacial score (nSPS) is 25.8. The van der Waals surface area contributed by atoms with E-state index in [9.17, 15) is 0 Å². The minimum absolute atomic E-state index is 0.136. The van der Waals surface area contributed by atoms with Gasteiger partial charge in [0, 0.05) is 11.4 Å². The van der Waals surface area contributed by atoms with Gasteiger partial charge in [0.25, 0.3) is 0 Å². The Hall–Kier alpha value is -3.80. The van der Waals surface area contributed by atoms with E-state index in [1.165, 1.54) is 43.7 Å². The minimum Gasteiger partial charge on any atom is -0.327 e. The molecule has 6 heteroatoms. The first kappa shape index (κ1) is 33.3. The van der Waals surface area contributed by atoms with E-state index in [1.807, 2.05) is 0 Å². The van der Waals surface area contributed by atoms with Crippen LogP contribution in [0.1, 0.15) is 111 Å². The van der Waals surface area contributed by atoms with Gasteiger partial charge in [-0.3, -0.25) is 0 Å². The summed E-state index contributed by atoms with van der Waals surface area (Å²) in [5, 5.41) is 7.66. The van der Waals surface area contributed by atoms with Gasteiger partial charge in [-0.25, -0.2) is 9.98 Å². The first-order valence-electron chi connectivity index (χ1n) is 18.6. The van der Waals surface area contributed by atoms with Crippen molar-refractivity contribution < 1.29 is 0 Å². The van der Waals surface area contributed by atoms with Crippen molar-refractivity contribution in [2.45, 2.75) is 155 Å². The van der Waals surface area contributed by atoms with Crippen molar-refractivity contribution in [1.29, 1.82) is 0 Å². The van der Waals surface area contributed by atoms with Gasteiger partial charge < -0.3 is 19.6 Å². The van der Waals surface area contributed by atoms with Crippen LogP contribution in [0.2, 0.25) is 0 Å². The van der Waals surface area contributed by atoms with Gasteiger partial charge in [-0.15, -0.1) is 0 Å². The van der Waals surface area contributed by atoms with Crippen LogP contribution in [0.5, 0.6) is 0 Å². The summed E-state index contributed by atoms with van der Waals surface area (Å²) < 4.78 is 0. The molecule has 2 fully saturated rings. The smallest absolute Gasteiger partial charge is 0.203 e. The van der Waals surface area contributed by atoms with Crippen molar-refractivity contribution in [3.8, 4) is 0 Å². The average molecular weight is 671 g/mol. The predicted molar refractivity (Wildman–Crippen MR) is 215 cm³/mol. The van der Waals surface area contributed by atoms with Gasteiger partial charge in [-0.05, 0) is 167 Å². The molecule has 0 aliphatic carbocycles. The second kappa shape index (κ2) is 9.16. The number of aliphatic imine (C=N–C) groups is 2. The summed E-state index contributed by atoms with van der Waals surface area (Å²) in [6.07, 6.45) is 0. The average Bonchev–Trinajstić information content (AvgIpc) is 3.44. The van der Waals surface area contributed by atoms with Gasteiger partial charge in [0.05, 0.1) is 44.3 Å². The molecule has 4 heterocycles. The van der Waals surface area contributed by atoms with Crippen molar-refractivity contribution in [1.82, 2.24) is 9.80 Å². The van der Waals surface area contributed by atoms with Gasteiger partial charge in [-0.2, -0.15) is 0 Å². The number of anilines is 2. The fraction of sp³-hybridized carbons (Fsp3) is 0.545. The summed E-state index contributed by atoms with van der Waals surface area (Å²) in [6.45, 7) is 37.6. The highest BCUT2D eigenvalue weighted by molar-refractivity contribution is 6.26. The highest BCUT2D eigenvalue weighted by Crippen LogP contribution is 2.56. The molecule has 264 valence electrons. The zero-order valence-electron chi connectivity index (χ0n) is 33.5. The second-order valence-corrected chi connectivity index (χ2v) is 19.6. The Morgan fingerprint density at radius 1 is 0.360 bits per heavy atom. The molecular weight excluding hydrogens is 613 g/mol. The number of rotatable bonds is 2. The topological polar surface area (TPSA) is 37.7 Å². The standard InChI is InChI=1S/C44H58N6/c1-37(2)39(5,6)49-35(45-37)47(41(9,10)43(49,13)14)27-21-23-31-29-19-17-18-20-30(29)32-24-22-28(26-34(32)33(31)25-27)48-36-46-38(3,4)40(7,8)50(36)44(15,16)42(48,11)12/h17-26H,1-16H3. The SMILES string of the molecule is CC1(C)N=C2N(c3ccc4c5ccccc5c5ccc(N6C7=NC(C)(C)C(C)(C)N7C(C)(C)C6(C)C)cc5c4c3)C(C)(C)C(C)(C)N2C1(C)C. The van der Waals surface area contributed by atoms with E-state index in [2.05, 4.69) is 191 Å². The van der Waals surface area contributed by atoms with E-state index < -0.39 is 0 Å². The molecule has 0 bridgehead atoms. The third-order valence-electron chi connectivity index (χ3n) is 15.2. The molecule has 4 aliphatic rings. The summed E-state index contributed by atoms with van der Waals surface area (Å²) in [4.78, 5) is 21.2. The van der Waals surface area contributed by atoms with Gasteiger partial charge in [0.1, 0.15) is 0 Å². The Morgan fingerprint density at radius 3 is 1.02 bits per heavy atom. The first-order chi connectivity index (χ1) is 22.8. The molecule has 4 aromatic carbocycles. The van der Waals surface area contributed by atoms with Crippen LogP contribution in [0.25, 0.3) is 32.3 Å². The Balaban J connectivity index is 1.39. The molecular formula is C44H58N6. The zero-order chi connectivity index (χ0) is 36.6. The van der Waals surface area contributed by atoms with Gasteiger partial charge in [0.15, 0.2) is 0 Å². The quantitative estimate of drug-likeness (QED) is 0.199. The van der Waals surface area contributed by atoms with Crippen LogP contribution in [0.3, 0.4) is 0 Å². The molecule has 0 spiro atoms. The van der Waals surface area contributed by atoms with Gasteiger partial charge >= 0.3 is 0 Å². The first-order valence-corrected chi connectivity index (χ1v) is 18.6. The van der Waals surface area contributed by atoms with E-state index >= 15 is 0 Å². The van der Waals surface area contributed by atoms with E-state index in [1.54, 1.807) is 0 Å². The third kappa shape index (κ3) is 3.61. The minimum atomic E-state index is -0.223. The summed E-state index contributed by atoms with van der Waals surface area (Å²) >= 11 is 0. The number of hydrogen-bond acceptors (Lipinski definition) is 6. The van der Waals surface area contributed by atoms with E-state index in [0.29, 0.717) is 0 Å². The van der Waals surface area contributed by atoms with Crippen molar-refractivity contribution in [2.24, 2.45) is 9.98 Å². The van der Waals surface area contributed by atoms with Crippen LogP contribution in [0.15, 0.2) is 70.6 Å². The summed E-state index contributed by atoms with van der Waals surface area (Å²) in [6, 6.07) is 23.2. The molecule has 0 unspecified atom stereocenters. The van der Waals surface area contributed by atoms with Crippen LogP contribution in [0.4, 0.5) is 11.4 Å². The Morgan fingerprint density at radius 2 is 0.680 bits per heavy atom. The molecule has 6 nitrogen and oxygen atoms in total. The number of fused-ring (bicyclic) bond motifs is 8. The van der Waals surface area contributed by atoms with Crippen molar-refractivity contribution in [2.75, 3.05) is 9.80 Å². The molecule has 50 heavy (non-hydrogen) atoms. The van der Waals surface area contributed by atoms with Crippen LogP contribution in [-0.2, 0) is 0 Å². The van der Waals surface area contributed by atoms with Crippen LogP contribution >= 0.6 is 0 Å². The fourth-order valence-electron chi connectivity index (χ4n) is 9.80. The van der Waals surface area contributed by atoms with Crippen LogP contribution in [-0.4, -0.2) is 66.0 Å². The number of benzene rings is 4. The Kier molecular flexibility index (Phi) is 6.11. The molecule has 0 saturated carbocycles. The lowest BCUT2D eigenvalue weighted by Crippen LogP contribution is -2.63. The van der Waals surface area contributed by atoms with Crippen molar-refractivity contribution in [3.05, 3.63) is 60.7 Å². The van der Waals surface area contributed by atoms with E-state index in [-0.39, 0.29) is 44.3 Å². The maximum absolute atomic E-state index is 5.47. The summed E-state index contributed by atoms with van der Waals surface area (Å²) in [7, 11) is 0. The molecule has 2 saturated heterocycles. The lowest BCUT2D eigenvalue weighted by molar-refractivity contribution is 0.0528. The number of guanidine groups is 2. The van der Waals surface area contributed by atoms with Gasteiger partial charge in [0.2, 0.25) is 11.9 Å². The molecule has 0 amide bonds. The lowest BCUT2D eigenvalue weighted by Gasteiger charge is -2.50. The zero-order valence-corrected chi connectivity index (χ0v) is 33.5. The maximum atomic E-state index is 5.47. The summed E-state index contributed by atoms with van der Waals surface area (Å²) in [5.74, 6) is 2.15. The highest BCUT2D eigenvalue weighted by Gasteiger charge is 2.67. The van der Waals surface area contributed by atoms with Crippen molar-refractivity contribution in [3.63, 3.8) is 0 Å². The Bertz CT molecular complexity index is 2050.